The molecule has 1 heterocycles. The molecule has 0 amide bonds. The number of piperazine rings is 1. The van der Waals surface area contributed by atoms with Crippen molar-refractivity contribution in [2.75, 3.05) is 33.2 Å². The molecule has 19 heavy (non-hydrogen) atoms. The van der Waals surface area contributed by atoms with Gasteiger partial charge >= 0.3 is 0 Å². The Labute approximate surface area is 119 Å². The number of benzene rings is 1. The topological polar surface area (TPSA) is 27.3 Å². The summed E-state index contributed by atoms with van der Waals surface area (Å²) in [6, 6.07) is 5.19. The van der Waals surface area contributed by atoms with Crippen molar-refractivity contribution >= 4 is 11.6 Å². The first-order valence-corrected chi connectivity index (χ1v) is 7.09. The van der Waals surface area contributed by atoms with Crippen LogP contribution >= 0.6 is 11.6 Å². The summed E-state index contributed by atoms with van der Waals surface area (Å²) in [5.74, 6) is -0.201. The molecule has 0 aliphatic carbocycles. The van der Waals surface area contributed by atoms with Gasteiger partial charge in [-0.05, 0) is 38.2 Å². The van der Waals surface area contributed by atoms with Crippen molar-refractivity contribution in [3.05, 3.63) is 34.6 Å². The van der Waals surface area contributed by atoms with Gasteiger partial charge in [0.25, 0.3) is 0 Å². The summed E-state index contributed by atoms with van der Waals surface area (Å²) < 4.78 is 13.5. The highest BCUT2D eigenvalue weighted by Gasteiger charge is 2.15. The standard InChI is InChI=1S/C14H21ClFN3/c1-19-7-6-18-13(10-19)4-5-17-9-11-8-12(15)2-3-14(11)16/h2-3,8,13,17-18H,4-7,9-10H2,1H3. The van der Waals surface area contributed by atoms with E-state index < -0.39 is 0 Å². The lowest BCUT2D eigenvalue weighted by molar-refractivity contribution is 0.231. The molecule has 106 valence electrons. The molecule has 0 saturated carbocycles. The van der Waals surface area contributed by atoms with E-state index in [1.54, 1.807) is 12.1 Å². The van der Waals surface area contributed by atoms with Gasteiger partial charge in [0.05, 0.1) is 0 Å². The van der Waals surface area contributed by atoms with Gasteiger partial charge in [-0.1, -0.05) is 11.6 Å². The molecule has 1 aliphatic heterocycles. The normalized spacial score (nSPS) is 20.7. The zero-order valence-corrected chi connectivity index (χ0v) is 12.0. The predicted molar refractivity (Wildman–Crippen MR) is 77.0 cm³/mol. The molecule has 0 spiro atoms. The first-order chi connectivity index (χ1) is 9.15. The van der Waals surface area contributed by atoms with Crippen molar-refractivity contribution < 1.29 is 4.39 Å². The Morgan fingerprint density at radius 1 is 1.53 bits per heavy atom. The fourth-order valence-corrected chi connectivity index (χ4v) is 2.56. The number of hydrogen-bond acceptors (Lipinski definition) is 3. The lowest BCUT2D eigenvalue weighted by Crippen LogP contribution is -2.49. The summed E-state index contributed by atoms with van der Waals surface area (Å²) >= 11 is 5.86. The van der Waals surface area contributed by atoms with Crippen LogP contribution in [0.5, 0.6) is 0 Å². The Bertz CT molecular complexity index is 414. The second kappa shape index (κ2) is 7.20. The molecule has 3 nitrogen and oxygen atoms in total. The summed E-state index contributed by atoms with van der Waals surface area (Å²) in [7, 11) is 2.14. The van der Waals surface area contributed by atoms with Gasteiger partial charge in [0.15, 0.2) is 0 Å². The average Bonchev–Trinajstić information content (AvgIpc) is 2.39. The van der Waals surface area contributed by atoms with E-state index in [9.17, 15) is 4.39 Å². The van der Waals surface area contributed by atoms with Crippen molar-refractivity contribution in [1.29, 1.82) is 0 Å². The van der Waals surface area contributed by atoms with E-state index in [0.717, 1.165) is 32.6 Å². The fraction of sp³-hybridized carbons (Fsp3) is 0.571. The molecule has 0 bridgehead atoms. The minimum atomic E-state index is -0.201. The summed E-state index contributed by atoms with van der Waals surface area (Å²) in [5.41, 5.74) is 0.626. The molecule has 5 heteroatoms. The van der Waals surface area contributed by atoms with Gasteiger partial charge in [0.1, 0.15) is 5.82 Å². The molecule has 0 radical (unpaired) electrons. The average molecular weight is 286 g/mol. The predicted octanol–water partition coefficient (Wildman–Crippen LogP) is 1.86. The van der Waals surface area contributed by atoms with Crippen LogP contribution in [-0.2, 0) is 6.54 Å². The minimum absolute atomic E-state index is 0.201. The summed E-state index contributed by atoms with van der Waals surface area (Å²) in [5, 5.41) is 7.34. The third-order valence-corrected chi connectivity index (χ3v) is 3.69. The van der Waals surface area contributed by atoms with Gasteiger partial charge < -0.3 is 15.5 Å². The van der Waals surface area contributed by atoms with Crippen molar-refractivity contribution in [3.8, 4) is 0 Å². The maximum atomic E-state index is 13.5. The van der Waals surface area contributed by atoms with Crippen LogP contribution in [-0.4, -0.2) is 44.2 Å². The number of nitrogens with zero attached hydrogens (tertiary/aromatic N) is 1. The van der Waals surface area contributed by atoms with Crippen LogP contribution in [0.3, 0.4) is 0 Å². The Morgan fingerprint density at radius 3 is 3.16 bits per heavy atom. The van der Waals surface area contributed by atoms with Crippen LogP contribution in [0, 0.1) is 5.82 Å². The molecule has 1 unspecified atom stereocenters. The maximum absolute atomic E-state index is 13.5. The van der Waals surface area contributed by atoms with Crippen molar-refractivity contribution in [1.82, 2.24) is 15.5 Å². The number of hydrogen-bond donors (Lipinski definition) is 2. The zero-order chi connectivity index (χ0) is 13.7. The number of rotatable bonds is 5. The smallest absolute Gasteiger partial charge is 0.127 e. The fourth-order valence-electron chi connectivity index (χ4n) is 2.36. The van der Waals surface area contributed by atoms with Gasteiger partial charge in [-0.3, -0.25) is 0 Å². The Morgan fingerprint density at radius 2 is 2.37 bits per heavy atom. The van der Waals surface area contributed by atoms with E-state index >= 15 is 0 Å². The SMILES string of the molecule is CN1CCNC(CCNCc2cc(Cl)ccc2F)C1. The van der Waals surface area contributed by atoms with E-state index in [1.807, 2.05) is 0 Å². The molecule has 1 aliphatic rings. The minimum Gasteiger partial charge on any atom is -0.313 e. The van der Waals surface area contributed by atoms with Gasteiger partial charge in [0, 0.05) is 42.8 Å². The molecule has 1 aromatic carbocycles. The zero-order valence-electron chi connectivity index (χ0n) is 11.3. The van der Waals surface area contributed by atoms with E-state index in [-0.39, 0.29) is 5.82 Å². The number of likely N-dealkylation sites (N-methyl/N-ethyl adjacent to an activating group) is 1. The van der Waals surface area contributed by atoms with Crippen LogP contribution in [0.25, 0.3) is 0 Å². The summed E-state index contributed by atoms with van der Waals surface area (Å²) in [6.45, 7) is 4.63. The Balaban J connectivity index is 1.70. The monoisotopic (exact) mass is 285 g/mol. The number of halogens is 2. The lowest BCUT2D eigenvalue weighted by Gasteiger charge is -2.30. The van der Waals surface area contributed by atoms with Gasteiger partial charge in [-0.2, -0.15) is 0 Å². The third kappa shape index (κ3) is 4.73. The summed E-state index contributed by atoms with van der Waals surface area (Å²) in [6.07, 6.45) is 1.05. The van der Waals surface area contributed by atoms with E-state index in [4.69, 9.17) is 11.6 Å². The van der Waals surface area contributed by atoms with Crippen LogP contribution < -0.4 is 10.6 Å². The Hall–Kier alpha value is -0.680. The lowest BCUT2D eigenvalue weighted by atomic mass is 10.1. The molecule has 0 aromatic heterocycles. The van der Waals surface area contributed by atoms with Crippen molar-refractivity contribution in [2.24, 2.45) is 0 Å². The van der Waals surface area contributed by atoms with Gasteiger partial charge in [-0.15, -0.1) is 0 Å². The van der Waals surface area contributed by atoms with E-state index in [2.05, 4.69) is 22.6 Å². The van der Waals surface area contributed by atoms with E-state index in [0.29, 0.717) is 23.2 Å². The molecule has 2 rings (SSSR count). The molecular weight excluding hydrogens is 265 g/mol. The van der Waals surface area contributed by atoms with Crippen LogP contribution in [0.4, 0.5) is 4.39 Å². The highest BCUT2D eigenvalue weighted by molar-refractivity contribution is 6.30. The largest absolute Gasteiger partial charge is 0.313 e. The summed E-state index contributed by atoms with van der Waals surface area (Å²) in [4.78, 5) is 2.33. The highest BCUT2D eigenvalue weighted by Crippen LogP contribution is 2.14. The Kier molecular flexibility index (Phi) is 5.58. The molecule has 1 saturated heterocycles. The first kappa shape index (κ1) is 14.7. The van der Waals surface area contributed by atoms with Crippen LogP contribution in [0.2, 0.25) is 5.02 Å². The van der Waals surface area contributed by atoms with E-state index in [1.165, 1.54) is 6.07 Å². The first-order valence-electron chi connectivity index (χ1n) is 6.72. The van der Waals surface area contributed by atoms with Crippen molar-refractivity contribution in [3.63, 3.8) is 0 Å². The maximum Gasteiger partial charge on any atom is 0.127 e. The van der Waals surface area contributed by atoms with Gasteiger partial charge in [-0.25, -0.2) is 4.39 Å². The second-order valence-corrected chi connectivity index (χ2v) is 5.55. The third-order valence-electron chi connectivity index (χ3n) is 3.45. The van der Waals surface area contributed by atoms with Crippen molar-refractivity contribution in [2.45, 2.75) is 19.0 Å². The van der Waals surface area contributed by atoms with Crippen LogP contribution in [0.15, 0.2) is 18.2 Å². The number of nitrogens with one attached hydrogen (secondary N) is 2. The molecule has 1 aromatic rings. The molecule has 1 fully saturated rings. The molecule has 1 atom stereocenters. The quantitative estimate of drug-likeness (QED) is 0.809. The van der Waals surface area contributed by atoms with Gasteiger partial charge in [0.2, 0.25) is 0 Å². The van der Waals surface area contributed by atoms with Crippen LogP contribution in [0.1, 0.15) is 12.0 Å². The highest BCUT2D eigenvalue weighted by atomic mass is 35.5. The molecule has 2 N–H and O–H groups in total. The molecular formula is C14H21ClFN3. The second-order valence-electron chi connectivity index (χ2n) is 5.11.